The first-order valence-electron chi connectivity index (χ1n) is 7.09. The van der Waals surface area contributed by atoms with Crippen molar-refractivity contribution in [3.8, 4) is 0 Å². The molecule has 20 heavy (non-hydrogen) atoms. The van der Waals surface area contributed by atoms with E-state index in [-0.39, 0.29) is 0 Å². The number of nitrogens with zero attached hydrogens (tertiary/aromatic N) is 2. The first kappa shape index (κ1) is 14.5. The molecule has 0 fully saturated rings. The van der Waals surface area contributed by atoms with E-state index >= 15 is 0 Å². The molecule has 0 saturated carbocycles. The van der Waals surface area contributed by atoms with Crippen LogP contribution in [0.5, 0.6) is 0 Å². The number of hydrogen-bond acceptors (Lipinski definition) is 3. The van der Waals surface area contributed by atoms with Gasteiger partial charge in [0.05, 0.1) is 0 Å². The predicted octanol–water partition coefficient (Wildman–Crippen LogP) is 3.58. The van der Waals surface area contributed by atoms with Crippen LogP contribution in [-0.2, 0) is 6.54 Å². The molecule has 0 amide bonds. The molecule has 1 aromatic heterocycles. The minimum absolute atomic E-state index is 0.842. The van der Waals surface area contributed by atoms with Gasteiger partial charge in [-0.2, -0.15) is 0 Å². The maximum atomic E-state index is 4.56. The predicted molar refractivity (Wildman–Crippen MR) is 85.6 cm³/mol. The molecule has 106 valence electrons. The van der Waals surface area contributed by atoms with Gasteiger partial charge in [-0.15, -0.1) is 0 Å². The summed E-state index contributed by atoms with van der Waals surface area (Å²) in [4.78, 5) is 6.73. The van der Waals surface area contributed by atoms with Gasteiger partial charge in [0.2, 0.25) is 0 Å². The van der Waals surface area contributed by atoms with Gasteiger partial charge in [0.1, 0.15) is 5.82 Å². The third kappa shape index (κ3) is 3.17. The van der Waals surface area contributed by atoms with E-state index in [1.54, 1.807) is 0 Å². The van der Waals surface area contributed by atoms with Crippen molar-refractivity contribution >= 4 is 11.5 Å². The zero-order chi connectivity index (χ0) is 14.5. The molecule has 0 aliphatic rings. The van der Waals surface area contributed by atoms with Crippen LogP contribution in [0.2, 0.25) is 0 Å². The fourth-order valence-electron chi connectivity index (χ4n) is 2.43. The lowest BCUT2D eigenvalue weighted by atomic mass is 10.1. The zero-order valence-corrected chi connectivity index (χ0v) is 12.8. The summed E-state index contributed by atoms with van der Waals surface area (Å²) in [6.45, 7) is 8.18. The molecule has 0 radical (unpaired) electrons. The summed E-state index contributed by atoms with van der Waals surface area (Å²) in [6.07, 6.45) is 1.85. The lowest BCUT2D eigenvalue weighted by Crippen LogP contribution is -2.18. The van der Waals surface area contributed by atoms with Crippen LogP contribution < -0.4 is 10.2 Å². The molecule has 0 spiro atoms. The largest absolute Gasteiger partial charge is 0.329 e. The first-order chi connectivity index (χ1) is 9.63. The number of pyridine rings is 1. The molecule has 1 N–H and O–H groups in total. The maximum Gasteiger partial charge on any atom is 0.137 e. The second kappa shape index (κ2) is 6.53. The SMILES string of the molecule is CCNCc1cccnc1N(C)c1ccc(C)cc1C. The Labute approximate surface area is 121 Å². The first-order valence-corrected chi connectivity index (χ1v) is 7.09. The van der Waals surface area contributed by atoms with E-state index in [1.807, 2.05) is 12.3 Å². The lowest BCUT2D eigenvalue weighted by Gasteiger charge is -2.23. The Balaban J connectivity index is 2.35. The molecule has 2 rings (SSSR count). The van der Waals surface area contributed by atoms with Gasteiger partial charge >= 0.3 is 0 Å². The molecular formula is C17H23N3. The maximum absolute atomic E-state index is 4.56. The van der Waals surface area contributed by atoms with Gasteiger partial charge in [0.15, 0.2) is 0 Å². The Hall–Kier alpha value is -1.87. The van der Waals surface area contributed by atoms with Gasteiger partial charge in [-0.1, -0.05) is 30.7 Å². The zero-order valence-electron chi connectivity index (χ0n) is 12.8. The van der Waals surface area contributed by atoms with Gasteiger partial charge in [0, 0.05) is 31.0 Å². The van der Waals surface area contributed by atoms with E-state index in [9.17, 15) is 0 Å². The van der Waals surface area contributed by atoms with E-state index in [1.165, 1.54) is 22.4 Å². The molecule has 1 aromatic carbocycles. The van der Waals surface area contributed by atoms with Crippen molar-refractivity contribution < 1.29 is 0 Å². The van der Waals surface area contributed by atoms with E-state index < -0.39 is 0 Å². The summed E-state index contributed by atoms with van der Waals surface area (Å²) in [7, 11) is 2.08. The van der Waals surface area contributed by atoms with Crippen LogP contribution in [0.1, 0.15) is 23.6 Å². The molecule has 3 nitrogen and oxygen atoms in total. The Bertz CT molecular complexity index is 578. The van der Waals surface area contributed by atoms with Crippen LogP contribution in [-0.4, -0.2) is 18.6 Å². The smallest absolute Gasteiger partial charge is 0.137 e. The number of nitrogens with one attached hydrogen (secondary N) is 1. The van der Waals surface area contributed by atoms with Crippen molar-refractivity contribution in [2.24, 2.45) is 0 Å². The second-order valence-corrected chi connectivity index (χ2v) is 5.12. The topological polar surface area (TPSA) is 28.2 Å². The standard InChI is InChI=1S/C17H23N3/c1-5-18-12-15-7-6-10-19-17(15)20(4)16-9-8-13(2)11-14(16)3/h6-11,18H,5,12H2,1-4H3. The third-order valence-electron chi connectivity index (χ3n) is 3.46. The molecular weight excluding hydrogens is 246 g/mol. The number of anilines is 2. The van der Waals surface area contributed by atoms with E-state index in [0.717, 1.165) is 18.9 Å². The average Bonchev–Trinajstić information content (AvgIpc) is 2.45. The molecule has 1 heterocycles. The molecule has 0 aliphatic carbocycles. The van der Waals surface area contributed by atoms with Crippen molar-refractivity contribution in [1.29, 1.82) is 0 Å². The summed E-state index contributed by atoms with van der Waals surface area (Å²) >= 11 is 0. The highest BCUT2D eigenvalue weighted by molar-refractivity contribution is 5.65. The van der Waals surface area contributed by atoms with Crippen LogP contribution in [0, 0.1) is 13.8 Å². The van der Waals surface area contributed by atoms with Gasteiger partial charge < -0.3 is 10.2 Å². The van der Waals surface area contributed by atoms with E-state index in [2.05, 4.69) is 67.3 Å². The van der Waals surface area contributed by atoms with Crippen molar-refractivity contribution in [3.05, 3.63) is 53.2 Å². The summed E-state index contributed by atoms with van der Waals surface area (Å²) in [5, 5.41) is 3.37. The van der Waals surface area contributed by atoms with Crippen molar-refractivity contribution in [2.75, 3.05) is 18.5 Å². The fraction of sp³-hybridized carbons (Fsp3) is 0.353. The monoisotopic (exact) mass is 269 g/mol. The van der Waals surface area contributed by atoms with Gasteiger partial charge in [-0.25, -0.2) is 4.98 Å². The Kier molecular flexibility index (Phi) is 4.74. The number of aryl methyl sites for hydroxylation is 2. The molecule has 0 unspecified atom stereocenters. The highest BCUT2D eigenvalue weighted by atomic mass is 15.2. The van der Waals surface area contributed by atoms with Crippen LogP contribution >= 0.6 is 0 Å². The van der Waals surface area contributed by atoms with Crippen molar-refractivity contribution in [3.63, 3.8) is 0 Å². The molecule has 3 heteroatoms. The van der Waals surface area contributed by atoms with Crippen LogP contribution in [0.15, 0.2) is 36.5 Å². The number of aromatic nitrogens is 1. The molecule has 0 aliphatic heterocycles. The summed E-state index contributed by atoms with van der Waals surface area (Å²) < 4.78 is 0. The van der Waals surface area contributed by atoms with Crippen LogP contribution in [0.25, 0.3) is 0 Å². The number of rotatable bonds is 5. The second-order valence-electron chi connectivity index (χ2n) is 5.12. The normalized spacial score (nSPS) is 10.6. The van der Waals surface area contributed by atoms with Crippen molar-refractivity contribution in [1.82, 2.24) is 10.3 Å². The number of hydrogen-bond donors (Lipinski definition) is 1. The van der Waals surface area contributed by atoms with Crippen LogP contribution in [0.4, 0.5) is 11.5 Å². The van der Waals surface area contributed by atoms with Crippen molar-refractivity contribution in [2.45, 2.75) is 27.3 Å². The Morgan fingerprint density at radius 3 is 2.70 bits per heavy atom. The summed E-state index contributed by atoms with van der Waals surface area (Å²) in [5.41, 5.74) is 4.98. The molecule has 0 bridgehead atoms. The average molecular weight is 269 g/mol. The molecule has 0 atom stereocenters. The van der Waals surface area contributed by atoms with E-state index in [0.29, 0.717) is 0 Å². The van der Waals surface area contributed by atoms with E-state index in [4.69, 9.17) is 0 Å². The van der Waals surface area contributed by atoms with Gasteiger partial charge in [0.25, 0.3) is 0 Å². The van der Waals surface area contributed by atoms with Gasteiger partial charge in [-0.05, 0) is 38.1 Å². The highest BCUT2D eigenvalue weighted by Gasteiger charge is 2.12. The summed E-state index contributed by atoms with van der Waals surface area (Å²) in [6, 6.07) is 10.6. The highest BCUT2D eigenvalue weighted by Crippen LogP contribution is 2.28. The summed E-state index contributed by atoms with van der Waals surface area (Å²) in [5.74, 6) is 1.01. The Morgan fingerprint density at radius 2 is 2.00 bits per heavy atom. The number of benzene rings is 1. The molecule has 2 aromatic rings. The Morgan fingerprint density at radius 1 is 1.20 bits per heavy atom. The quantitative estimate of drug-likeness (QED) is 0.899. The van der Waals surface area contributed by atoms with Crippen LogP contribution in [0.3, 0.4) is 0 Å². The third-order valence-corrected chi connectivity index (χ3v) is 3.46. The van der Waals surface area contributed by atoms with Gasteiger partial charge in [-0.3, -0.25) is 0 Å². The molecule has 0 saturated heterocycles. The lowest BCUT2D eigenvalue weighted by molar-refractivity contribution is 0.723. The minimum Gasteiger partial charge on any atom is -0.329 e. The minimum atomic E-state index is 0.842. The fourth-order valence-corrected chi connectivity index (χ4v) is 2.43.